The highest BCUT2D eigenvalue weighted by atomic mass is 79.9. The van der Waals surface area contributed by atoms with Gasteiger partial charge in [-0.05, 0) is 98.3 Å². The minimum Gasteiger partial charge on any atom is -0.481 e. The molecule has 216 valence electrons. The van der Waals surface area contributed by atoms with E-state index in [-0.39, 0.29) is 0 Å². The van der Waals surface area contributed by atoms with Gasteiger partial charge >= 0.3 is 0 Å². The van der Waals surface area contributed by atoms with Crippen molar-refractivity contribution in [2.24, 2.45) is 5.73 Å². The van der Waals surface area contributed by atoms with Crippen molar-refractivity contribution in [1.82, 2.24) is 15.3 Å². The van der Waals surface area contributed by atoms with E-state index in [1.165, 1.54) is 0 Å². The Morgan fingerprint density at radius 1 is 0.707 bits per heavy atom. The van der Waals surface area contributed by atoms with Gasteiger partial charge in [-0.3, -0.25) is 0 Å². The monoisotopic (exact) mass is 684 g/mol. The van der Waals surface area contributed by atoms with Gasteiger partial charge in [0.2, 0.25) is 23.5 Å². The first-order chi connectivity index (χ1) is 19.8. The van der Waals surface area contributed by atoms with Crippen molar-refractivity contribution < 1.29 is 18.9 Å². The van der Waals surface area contributed by atoms with Gasteiger partial charge in [0.1, 0.15) is 13.2 Å². The summed E-state index contributed by atoms with van der Waals surface area (Å²) in [5, 5.41) is 3.12. The van der Waals surface area contributed by atoms with Crippen molar-refractivity contribution in [3.8, 4) is 34.6 Å². The number of nitrogens with one attached hydrogen (secondary N) is 1. The number of pyridine rings is 2. The fourth-order valence-electron chi connectivity index (χ4n) is 4.56. The molecule has 2 aromatic carbocycles. The highest BCUT2D eigenvalue weighted by molar-refractivity contribution is 9.10. The van der Waals surface area contributed by atoms with Crippen molar-refractivity contribution in [1.29, 1.82) is 0 Å². The van der Waals surface area contributed by atoms with E-state index in [4.69, 9.17) is 24.7 Å². The van der Waals surface area contributed by atoms with Gasteiger partial charge in [0.05, 0.1) is 23.2 Å². The topological polar surface area (TPSA) is 101 Å². The van der Waals surface area contributed by atoms with Crippen LogP contribution in [0.1, 0.15) is 33.4 Å². The maximum absolute atomic E-state index is 6.15. The molecule has 0 saturated heterocycles. The number of halogens is 2. The van der Waals surface area contributed by atoms with Crippen LogP contribution in [-0.4, -0.2) is 31.2 Å². The molecule has 8 nitrogen and oxygen atoms in total. The second kappa shape index (κ2) is 14.1. The average Bonchev–Trinajstić information content (AvgIpc) is 2.97. The Bertz CT molecular complexity index is 1530. The molecule has 0 atom stereocenters. The Hall–Kier alpha value is -3.18. The molecule has 2 aromatic heterocycles. The number of methoxy groups -OCH3 is 2. The van der Waals surface area contributed by atoms with Crippen LogP contribution in [-0.2, 0) is 26.3 Å². The lowest BCUT2D eigenvalue weighted by atomic mass is 9.92. The summed E-state index contributed by atoms with van der Waals surface area (Å²) in [5.74, 6) is 1.93. The molecule has 0 spiro atoms. The molecule has 2 heterocycles. The lowest BCUT2D eigenvalue weighted by molar-refractivity contribution is 0.283. The fraction of sp³-hybridized carbons (Fsp3) is 0.290. The Kier molecular flexibility index (Phi) is 10.6. The lowest BCUT2D eigenvalue weighted by Gasteiger charge is -2.17. The first-order valence-electron chi connectivity index (χ1n) is 13.1. The van der Waals surface area contributed by atoms with E-state index >= 15 is 0 Å². The van der Waals surface area contributed by atoms with Crippen molar-refractivity contribution in [3.05, 3.63) is 90.9 Å². The van der Waals surface area contributed by atoms with E-state index in [1.807, 2.05) is 25.2 Å². The van der Waals surface area contributed by atoms with Gasteiger partial charge in [-0.15, -0.1) is 0 Å². The van der Waals surface area contributed by atoms with Gasteiger partial charge in [0, 0.05) is 24.2 Å². The second-order valence-electron chi connectivity index (χ2n) is 9.38. The molecular weight excluding hydrogens is 652 g/mol. The summed E-state index contributed by atoms with van der Waals surface area (Å²) < 4.78 is 24.6. The molecule has 0 aliphatic rings. The molecule has 0 bridgehead atoms. The van der Waals surface area contributed by atoms with Crippen LogP contribution in [0.2, 0.25) is 0 Å². The van der Waals surface area contributed by atoms with Crippen LogP contribution in [0, 0.1) is 13.8 Å². The quantitative estimate of drug-likeness (QED) is 0.171. The molecule has 0 saturated carbocycles. The molecule has 10 heteroatoms. The van der Waals surface area contributed by atoms with Crippen molar-refractivity contribution in [2.45, 2.75) is 40.2 Å². The molecule has 41 heavy (non-hydrogen) atoms. The molecule has 3 N–H and O–H groups in total. The smallest absolute Gasteiger partial charge is 0.231 e. The largest absolute Gasteiger partial charge is 0.481 e. The van der Waals surface area contributed by atoms with Crippen LogP contribution in [0.4, 0.5) is 0 Å². The van der Waals surface area contributed by atoms with E-state index < -0.39 is 0 Å². The van der Waals surface area contributed by atoms with E-state index in [9.17, 15) is 0 Å². The minimum absolute atomic E-state index is 0.324. The zero-order chi connectivity index (χ0) is 29.5. The summed E-state index contributed by atoms with van der Waals surface area (Å²) >= 11 is 7.13. The number of hydrogen-bond donors (Lipinski definition) is 2. The van der Waals surface area contributed by atoms with Crippen LogP contribution in [0.5, 0.6) is 23.5 Å². The lowest BCUT2D eigenvalue weighted by Crippen LogP contribution is -2.09. The molecule has 4 rings (SSSR count). The van der Waals surface area contributed by atoms with E-state index in [0.717, 1.165) is 53.5 Å². The SMILES string of the molecule is CNCc1cc(Br)c(OCc2cccc(-c3cccc(COc4nc(OC)c(CN)cc4Br)c3C)c2C)nc1OC. The van der Waals surface area contributed by atoms with Gasteiger partial charge in [0.25, 0.3) is 0 Å². The molecule has 0 fully saturated rings. The molecule has 0 aliphatic heterocycles. The molecule has 0 amide bonds. The third-order valence-electron chi connectivity index (χ3n) is 6.85. The number of nitrogens with zero attached hydrogens (tertiary/aromatic N) is 2. The number of ether oxygens (including phenoxy) is 4. The third kappa shape index (κ3) is 7.01. The third-order valence-corrected chi connectivity index (χ3v) is 7.99. The Morgan fingerprint density at radius 2 is 1.17 bits per heavy atom. The summed E-state index contributed by atoms with van der Waals surface area (Å²) in [4.78, 5) is 9.05. The minimum atomic E-state index is 0.324. The van der Waals surface area contributed by atoms with Crippen LogP contribution < -0.4 is 30.0 Å². The van der Waals surface area contributed by atoms with Crippen molar-refractivity contribution in [2.75, 3.05) is 21.3 Å². The number of aromatic nitrogens is 2. The van der Waals surface area contributed by atoms with Gasteiger partial charge in [-0.1, -0.05) is 36.4 Å². The van der Waals surface area contributed by atoms with Crippen LogP contribution >= 0.6 is 31.9 Å². The summed E-state index contributed by atoms with van der Waals surface area (Å²) in [6.45, 7) is 5.90. The zero-order valence-corrected chi connectivity index (χ0v) is 27.0. The summed E-state index contributed by atoms with van der Waals surface area (Å²) in [7, 11) is 5.06. The molecule has 4 aromatic rings. The first-order valence-corrected chi connectivity index (χ1v) is 14.6. The van der Waals surface area contributed by atoms with Crippen LogP contribution in [0.25, 0.3) is 11.1 Å². The van der Waals surface area contributed by atoms with Gasteiger partial charge in [0.15, 0.2) is 0 Å². The van der Waals surface area contributed by atoms with E-state index in [1.54, 1.807) is 14.2 Å². The predicted octanol–water partition coefficient (Wildman–Crippen LogP) is 6.64. The van der Waals surface area contributed by atoms with Crippen LogP contribution in [0.15, 0.2) is 57.5 Å². The van der Waals surface area contributed by atoms with E-state index in [0.29, 0.717) is 49.8 Å². The number of nitrogens with two attached hydrogens (primary N) is 1. The highest BCUT2D eigenvalue weighted by Gasteiger charge is 2.16. The highest BCUT2D eigenvalue weighted by Crippen LogP contribution is 2.34. The standard InChI is InChI=1S/C31H34Br2N4O4/c1-18-20(16-40-30-26(32)12-22(14-34)28(36-30)38-4)8-6-10-24(18)25-11-7-9-21(19(25)2)17-41-31-27(33)13-23(15-35-3)29(37-31)39-5/h6-13,35H,14-17,34H2,1-5H3. The van der Waals surface area contributed by atoms with Crippen molar-refractivity contribution in [3.63, 3.8) is 0 Å². The Labute approximate surface area is 257 Å². The summed E-state index contributed by atoms with van der Waals surface area (Å²) in [6, 6.07) is 16.3. The molecule has 0 aliphatic carbocycles. The van der Waals surface area contributed by atoms with E-state index in [2.05, 4.69) is 91.3 Å². The first kappa shape index (κ1) is 30.8. The number of rotatable bonds is 12. The zero-order valence-electron chi connectivity index (χ0n) is 23.8. The van der Waals surface area contributed by atoms with Gasteiger partial charge < -0.3 is 30.0 Å². The second-order valence-corrected chi connectivity index (χ2v) is 11.1. The van der Waals surface area contributed by atoms with Gasteiger partial charge in [-0.2, -0.15) is 9.97 Å². The molecular formula is C31H34Br2N4O4. The maximum atomic E-state index is 6.15. The average molecular weight is 686 g/mol. The van der Waals surface area contributed by atoms with Crippen molar-refractivity contribution >= 4 is 31.9 Å². The predicted molar refractivity (Wildman–Crippen MR) is 168 cm³/mol. The van der Waals surface area contributed by atoms with Gasteiger partial charge in [-0.25, -0.2) is 0 Å². The fourth-order valence-corrected chi connectivity index (χ4v) is 5.52. The maximum Gasteiger partial charge on any atom is 0.231 e. The normalized spacial score (nSPS) is 10.9. The summed E-state index contributed by atoms with van der Waals surface area (Å²) in [6.07, 6.45) is 0. The number of hydrogen-bond acceptors (Lipinski definition) is 8. The number of benzene rings is 2. The molecule has 0 unspecified atom stereocenters. The van der Waals surface area contributed by atoms with Crippen LogP contribution in [0.3, 0.4) is 0 Å². The Morgan fingerprint density at radius 3 is 1.61 bits per heavy atom. The molecule has 0 radical (unpaired) electrons. The Balaban J connectivity index is 1.55. The summed E-state index contributed by atoms with van der Waals surface area (Å²) in [5.41, 5.74) is 14.2.